The number of hydrogen-bond donors (Lipinski definition) is 1. The van der Waals surface area contributed by atoms with E-state index in [1.165, 1.54) is 11.8 Å². The lowest BCUT2D eigenvalue weighted by molar-refractivity contribution is -0.153. The van der Waals surface area contributed by atoms with Gasteiger partial charge in [-0.3, -0.25) is 4.79 Å². The van der Waals surface area contributed by atoms with Gasteiger partial charge < -0.3 is 5.32 Å². The third-order valence-electron chi connectivity index (χ3n) is 1.80. The van der Waals surface area contributed by atoms with E-state index in [0.29, 0.717) is 5.75 Å². The van der Waals surface area contributed by atoms with Gasteiger partial charge in [0.15, 0.2) is 0 Å². The molecule has 1 aromatic rings. The Morgan fingerprint density at radius 1 is 1.24 bits per heavy atom. The average molecular weight is 263 g/mol. The number of halogens is 3. The first-order valence-electron chi connectivity index (χ1n) is 4.99. The largest absolute Gasteiger partial charge is 0.397 e. The van der Waals surface area contributed by atoms with Gasteiger partial charge in [0.2, 0.25) is 5.91 Å². The fourth-order valence-electron chi connectivity index (χ4n) is 1.12. The molecule has 0 aromatic heterocycles. The summed E-state index contributed by atoms with van der Waals surface area (Å²) in [5, 5.41) is 2.23. The molecule has 0 fully saturated rings. The standard InChI is InChI=1S/C11H12F3NOS/c12-11(13,14)8-10(16)15-6-7-17-9-4-2-1-3-5-9/h1-5H,6-8H2,(H,15,16). The smallest absolute Gasteiger partial charge is 0.355 e. The lowest BCUT2D eigenvalue weighted by Gasteiger charge is -2.07. The lowest BCUT2D eigenvalue weighted by atomic mass is 10.4. The van der Waals surface area contributed by atoms with Gasteiger partial charge in [0, 0.05) is 17.2 Å². The SMILES string of the molecule is O=C(CC(F)(F)F)NCCSc1ccccc1. The zero-order valence-electron chi connectivity index (χ0n) is 8.96. The van der Waals surface area contributed by atoms with Crippen LogP contribution in [-0.2, 0) is 4.79 Å². The highest BCUT2D eigenvalue weighted by Crippen LogP contribution is 2.19. The normalized spacial score (nSPS) is 11.2. The second kappa shape index (κ2) is 6.54. The first-order valence-corrected chi connectivity index (χ1v) is 5.97. The molecule has 0 aliphatic rings. The predicted molar refractivity (Wildman–Crippen MR) is 60.8 cm³/mol. The monoisotopic (exact) mass is 263 g/mol. The topological polar surface area (TPSA) is 29.1 Å². The lowest BCUT2D eigenvalue weighted by Crippen LogP contribution is -2.30. The van der Waals surface area contributed by atoms with Gasteiger partial charge >= 0.3 is 6.18 Å². The maximum atomic E-state index is 11.8. The second-order valence-corrected chi connectivity index (χ2v) is 4.47. The molecule has 0 aliphatic carbocycles. The summed E-state index contributed by atoms with van der Waals surface area (Å²) >= 11 is 1.48. The summed E-state index contributed by atoms with van der Waals surface area (Å²) in [6.45, 7) is 0.231. The van der Waals surface area contributed by atoms with Crippen LogP contribution in [0.15, 0.2) is 35.2 Å². The molecule has 0 bridgehead atoms. The van der Waals surface area contributed by atoms with Crippen molar-refractivity contribution in [3.05, 3.63) is 30.3 Å². The van der Waals surface area contributed by atoms with Gasteiger partial charge in [-0.25, -0.2) is 0 Å². The minimum Gasteiger partial charge on any atom is -0.355 e. The van der Waals surface area contributed by atoms with Crippen molar-refractivity contribution in [1.29, 1.82) is 0 Å². The molecule has 1 rings (SSSR count). The van der Waals surface area contributed by atoms with Crippen molar-refractivity contribution in [1.82, 2.24) is 5.32 Å². The van der Waals surface area contributed by atoms with Crippen LogP contribution in [0.3, 0.4) is 0 Å². The molecule has 0 radical (unpaired) electrons. The molecule has 0 saturated heterocycles. The first kappa shape index (κ1) is 13.9. The number of hydrogen-bond acceptors (Lipinski definition) is 2. The summed E-state index contributed by atoms with van der Waals surface area (Å²) < 4.78 is 35.4. The molecule has 17 heavy (non-hydrogen) atoms. The molecule has 1 N–H and O–H groups in total. The van der Waals surface area contributed by atoms with Gasteiger partial charge in [-0.1, -0.05) is 18.2 Å². The van der Waals surface area contributed by atoms with E-state index in [-0.39, 0.29) is 6.54 Å². The summed E-state index contributed by atoms with van der Waals surface area (Å²) in [7, 11) is 0. The van der Waals surface area contributed by atoms with Crippen molar-refractivity contribution in [2.45, 2.75) is 17.5 Å². The summed E-state index contributed by atoms with van der Waals surface area (Å²) in [5.74, 6) is -0.431. The Kier molecular flexibility index (Phi) is 5.34. The van der Waals surface area contributed by atoms with Crippen LogP contribution >= 0.6 is 11.8 Å². The molecule has 1 aromatic carbocycles. The fourth-order valence-corrected chi connectivity index (χ4v) is 1.91. The molecule has 2 nitrogen and oxygen atoms in total. The zero-order chi connectivity index (χ0) is 12.7. The predicted octanol–water partition coefficient (Wildman–Crippen LogP) is 2.85. The van der Waals surface area contributed by atoms with Crippen LogP contribution in [0.5, 0.6) is 0 Å². The van der Waals surface area contributed by atoms with Crippen LogP contribution in [0.1, 0.15) is 6.42 Å². The average Bonchev–Trinajstić information content (AvgIpc) is 2.23. The Labute approximate surface area is 102 Å². The Balaban J connectivity index is 2.14. The number of amides is 1. The minimum absolute atomic E-state index is 0.231. The Morgan fingerprint density at radius 3 is 2.47 bits per heavy atom. The highest BCUT2D eigenvalue weighted by molar-refractivity contribution is 7.99. The maximum Gasteiger partial charge on any atom is 0.397 e. The van der Waals surface area contributed by atoms with Crippen LogP contribution in [0.2, 0.25) is 0 Å². The van der Waals surface area contributed by atoms with Gasteiger partial charge in [0.05, 0.1) is 0 Å². The number of alkyl halides is 3. The van der Waals surface area contributed by atoms with E-state index >= 15 is 0 Å². The van der Waals surface area contributed by atoms with Crippen molar-refractivity contribution < 1.29 is 18.0 Å². The molecule has 94 valence electrons. The molecule has 1 amide bonds. The molecule has 0 unspecified atom stereocenters. The van der Waals surface area contributed by atoms with Gasteiger partial charge in [-0.15, -0.1) is 11.8 Å². The van der Waals surface area contributed by atoms with Crippen LogP contribution in [0.25, 0.3) is 0 Å². The maximum absolute atomic E-state index is 11.8. The summed E-state index contributed by atoms with van der Waals surface area (Å²) in [4.78, 5) is 11.9. The zero-order valence-corrected chi connectivity index (χ0v) is 9.77. The highest BCUT2D eigenvalue weighted by atomic mass is 32.2. The van der Waals surface area contributed by atoms with Gasteiger partial charge in [-0.05, 0) is 12.1 Å². The van der Waals surface area contributed by atoms with Crippen LogP contribution in [0.4, 0.5) is 13.2 Å². The van der Waals surface area contributed by atoms with Crippen LogP contribution < -0.4 is 5.32 Å². The number of carbonyl (C=O) groups is 1. The fraction of sp³-hybridized carbons (Fsp3) is 0.364. The Bertz CT molecular complexity index is 353. The Morgan fingerprint density at radius 2 is 1.88 bits per heavy atom. The number of rotatable bonds is 5. The second-order valence-electron chi connectivity index (χ2n) is 3.30. The van der Waals surface area contributed by atoms with Crippen molar-refractivity contribution in [3.63, 3.8) is 0 Å². The summed E-state index contributed by atoms with van der Waals surface area (Å²) in [5.41, 5.74) is 0. The molecule has 6 heteroatoms. The van der Waals surface area contributed by atoms with Crippen molar-refractivity contribution in [2.24, 2.45) is 0 Å². The quantitative estimate of drug-likeness (QED) is 0.653. The van der Waals surface area contributed by atoms with Crippen LogP contribution in [0, 0.1) is 0 Å². The molecule has 0 saturated carbocycles. The number of thioether (sulfide) groups is 1. The van der Waals surface area contributed by atoms with Gasteiger partial charge in [-0.2, -0.15) is 13.2 Å². The molecule has 0 spiro atoms. The molecular weight excluding hydrogens is 251 g/mol. The van der Waals surface area contributed by atoms with E-state index < -0.39 is 18.5 Å². The highest BCUT2D eigenvalue weighted by Gasteiger charge is 2.30. The minimum atomic E-state index is -4.43. The van der Waals surface area contributed by atoms with E-state index in [4.69, 9.17) is 0 Å². The molecule has 0 heterocycles. The van der Waals surface area contributed by atoms with Crippen molar-refractivity contribution in [3.8, 4) is 0 Å². The van der Waals surface area contributed by atoms with E-state index in [1.54, 1.807) is 0 Å². The van der Waals surface area contributed by atoms with Crippen molar-refractivity contribution >= 4 is 17.7 Å². The number of benzene rings is 1. The third-order valence-corrected chi connectivity index (χ3v) is 2.81. The van der Waals surface area contributed by atoms with Gasteiger partial charge in [0.25, 0.3) is 0 Å². The molecule has 0 aliphatic heterocycles. The van der Waals surface area contributed by atoms with Gasteiger partial charge in [0.1, 0.15) is 6.42 Å². The summed E-state index contributed by atoms with van der Waals surface area (Å²) in [6, 6.07) is 9.45. The van der Waals surface area contributed by atoms with E-state index in [2.05, 4.69) is 5.32 Å². The molecule has 0 atom stereocenters. The number of nitrogens with one attached hydrogen (secondary N) is 1. The summed E-state index contributed by atoms with van der Waals surface area (Å²) in [6.07, 6.45) is -5.85. The van der Waals surface area contributed by atoms with Crippen LogP contribution in [-0.4, -0.2) is 24.4 Å². The Hall–Kier alpha value is -1.17. The number of carbonyl (C=O) groups excluding carboxylic acids is 1. The van der Waals surface area contributed by atoms with Crippen molar-refractivity contribution in [2.75, 3.05) is 12.3 Å². The van der Waals surface area contributed by atoms with E-state index in [9.17, 15) is 18.0 Å². The molecular formula is C11H12F3NOS. The third kappa shape index (κ3) is 6.88. The van der Waals surface area contributed by atoms with E-state index in [0.717, 1.165) is 4.90 Å². The first-order chi connectivity index (χ1) is 7.97. The van der Waals surface area contributed by atoms with E-state index in [1.807, 2.05) is 30.3 Å².